The Morgan fingerprint density at radius 2 is 1.49 bits per heavy atom. The molecule has 0 spiro atoms. The van der Waals surface area contributed by atoms with Gasteiger partial charge in [-0.15, -0.1) is 5.10 Å². The Labute approximate surface area is 277 Å². The van der Waals surface area contributed by atoms with Crippen LogP contribution in [0.1, 0.15) is 75.1 Å². The first-order valence-electron chi connectivity index (χ1n) is 16.8. The Bertz CT molecular complexity index is 1540. The molecule has 2 aromatic carbocycles. The van der Waals surface area contributed by atoms with Gasteiger partial charge in [-0.1, -0.05) is 56.3 Å². The van der Waals surface area contributed by atoms with E-state index >= 15 is 0 Å². The first-order valence-corrected chi connectivity index (χ1v) is 16.8. The molecule has 6 rings (SSSR count). The number of likely N-dealkylation sites (tertiary alicyclic amines) is 3. The van der Waals surface area contributed by atoms with Crippen LogP contribution >= 0.6 is 0 Å². The molecule has 3 aliphatic heterocycles. The minimum absolute atomic E-state index is 0. The molecule has 3 aliphatic rings. The number of carbonyl (C=O) groups is 2. The van der Waals surface area contributed by atoms with E-state index in [0.29, 0.717) is 50.9 Å². The maximum atomic E-state index is 14.0. The van der Waals surface area contributed by atoms with Crippen molar-refractivity contribution in [2.75, 3.05) is 39.3 Å². The summed E-state index contributed by atoms with van der Waals surface area (Å²) in [5.74, 6) is 0.590. The predicted molar refractivity (Wildman–Crippen MR) is 181 cm³/mol. The summed E-state index contributed by atoms with van der Waals surface area (Å²) in [7, 11) is 0. The number of phenols is 1. The molecule has 0 unspecified atom stereocenters. The highest BCUT2D eigenvalue weighted by Gasteiger charge is 2.35. The van der Waals surface area contributed by atoms with Crippen LogP contribution < -0.4 is 5.69 Å². The van der Waals surface area contributed by atoms with E-state index in [0.717, 1.165) is 48.2 Å². The second-order valence-electron chi connectivity index (χ2n) is 13.1. The SMILES string of the molecule is C.Cc1cc(C[C@@H](OC(=O)N2CCC(n3nc(-c4ccccc4)[nH]c3=O)CC2)C(=O)N2CCC(N3CCCCC3)CC2)cc(C)c1O. The van der Waals surface area contributed by atoms with Crippen LogP contribution in [0.3, 0.4) is 0 Å². The van der Waals surface area contributed by atoms with Gasteiger partial charge in [0.25, 0.3) is 5.91 Å². The third-order valence-corrected chi connectivity index (χ3v) is 9.93. The van der Waals surface area contributed by atoms with E-state index in [1.54, 1.807) is 4.90 Å². The minimum Gasteiger partial charge on any atom is -0.507 e. The van der Waals surface area contributed by atoms with Crippen molar-refractivity contribution in [3.63, 3.8) is 0 Å². The molecule has 3 fully saturated rings. The van der Waals surface area contributed by atoms with Crippen LogP contribution in [-0.4, -0.2) is 98.0 Å². The van der Waals surface area contributed by atoms with Crippen LogP contribution in [-0.2, 0) is 16.0 Å². The summed E-state index contributed by atoms with van der Waals surface area (Å²) < 4.78 is 7.51. The van der Waals surface area contributed by atoms with E-state index in [2.05, 4.69) is 15.0 Å². The average Bonchev–Trinajstić information content (AvgIpc) is 3.48. The van der Waals surface area contributed by atoms with Gasteiger partial charge < -0.3 is 24.5 Å². The first-order chi connectivity index (χ1) is 22.3. The second-order valence-corrected chi connectivity index (χ2v) is 13.1. The number of phenolic OH excluding ortho intramolecular Hbond substituents is 1. The number of hydrogen-bond acceptors (Lipinski definition) is 7. The number of piperidine rings is 3. The zero-order valence-corrected chi connectivity index (χ0v) is 27.0. The van der Waals surface area contributed by atoms with Gasteiger partial charge in [0.2, 0.25) is 0 Å². The summed E-state index contributed by atoms with van der Waals surface area (Å²) in [6, 6.07) is 13.6. The Balaban J connectivity index is 0.00000433. The van der Waals surface area contributed by atoms with Crippen LogP contribution in [0.4, 0.5) is 4.79 Å². The quantitative estimate of drug-likeness (QED) is 0.368. The number of carbonyl (C=O) groups excluding carboxylic acids is 2. The number of aromatic hydroxyl groups is 1. The van der Waals surface area contributed by atoms with Crippen molar-refractivity contribution < 1.29 is 19.4 Å². The van der Waals surface area contributed by atoms with E-state index in [-0.39, 0.29) is 37.2 Å². The van der Waals surface area contributed by atoms with E-state index in [1.807, 2.05) is 61.2 Å². The predicted octanol–water partition coefficient (Wildman–Crippen LogP) is 5.06. The van der Waals surface area contributed by atoms with Crippen molar-refractivity contribution >= 4 is 12.0 Å². The standard InChI is InChI=1S/C35H46N6O5.CH4/c1-24-21-26(22-25(2)31(24)42)23-30(33(43)39-17-11-28(12-18-39)38-15-7-4-8-16-38)46-35(45)40-19-13-29(14-20-40)41-34(44)36-32(37-41)27-9-5-3-6-10-27;/h3,5-6,9-10,21-22,28-30,42H,4,7-8,11-20,23H2,1-2H3,(H,36,37,44);1H4/t30-;/m1./s1. The van der Waals surface area contributed by atoms with E-state index in [9.17, 15) is 19.5 Å². The van der Waals surface area contributed by atoms with Gasteiger partial charge in [0.15, 0.2) is 11.9 Å². The zero-order chi connectivity index (χ0) is 32.2. The summed E-state index contributed by atoms with van der Waals surface area (Å²) in [5, 5.41) is 14.8. The van der Waals surface area contributed by atoms with Crippen molar-refractivity contribution in [3.05, 3.63) is 69.6 Å². The Kier molecular flexibility index (Phi) is 11.1. The number of hydrogen-bond donors (Lipinski definition) is 2. The molecule has 0 bridgehead atoms. The van der Waals surface area contributed by atoms with Gasteiger partial charge in [0, 0.05) is 44.2 Å². The number of nitrogens with zero attached hydrogens (tertiary/aromatic N) is 5. The Hall–Kier alpha value is -4.12. The number of nitrogens with one attached hydrogen (secondary N) is 1. The smallest absolute Gasteiger partial charge is 0.410 e. The molecule has 11 nitrogen and oxygen atoms in total. The maximum absolute atomic E-state index is 14.0. The molecule has 11 heteroatoms. The summed E-state index contributed by atoms with van der Waals surface area (Å²) in [4.78, 5) is 49.1. The second kappa shape index (κ2) is 15.2. The highest BCUT2D eigenvalue weighted by atomic mass is 16.6. The van der Waals surface area contributed by atoms with Crippen molar-refractivity contribution in [1.29, 1.82) is 0 Å². The van der Waals surface area contributed by atoms with Crippen molar-refractivity contribution in [1.82, 2.24) is 29.5 Å². The highest BCUT2D eigenvalue weighted by molar-refractivity contribution is 5.84. The number of rotatable bonds is 7. The monoisotopic (exact) mass is 646 g/mol. The van der Waals surface area contributed by atoms with Gasteiger partial charge in [-0.2, -0.15) is 0 Å². The van der Waals surface area contributed by atoms with Gasteiger partial charge in [-0.05, 0) is 82.2 Å². The van der Waals surface area contributed by atoms with Gasteiger partial charge in [-0.3, -0.25) is 9.78 Å². The molecule has 1 atom stereocenters. The van der Waals surface area contributed by atoms with Crippen LogP contribution in [0.25, 0.3) is 11.4 Å². The van der Waals surface area contributed by atoms with Gasteiger partial charge in [-0.25, -0.2) is 14.3 Å². The van der Waals surface area contributed by atoms with E-state index in [1.165, 1.54) is 23.9 Å². The van der Waals surface area contributed by atoms with Crippen molar-refractivity contribution in [2.45, 2.75) is 90.8 Å². The fraction of sp³-hybridized carbons (Fsp3) is 0.556. The van der Waals surface area contributed by atoms with Gasteiger partial charge >= 0.3 is 11.8 Å². The highest BCUT2D eigenvalue weighted by Crippen LogP contribution is 2.27. The number of ether oxygens (including phenoxy) is 1. The summed E-state index contributed by atoms with van der Waals surface area (Å²) >= 11 is 0. The minimum atomic E-state index is -0.970. The lowest BCUT2D eigenvalue weighted by atomic mass is 9.98. The van der Waals surface area contributed by atoms with Crippen LogP contribution in [0.5, 0.6) is 5.75 Å². The lowest BCUT2D eigenvalue weighted by molar-refractivity contribution is -0.142. The molecular weight excluding hydrogens is 596 g/mol. The molecule has 0 saturated carbocycles. The average molecular weight is 647 g/mol. The fourth-order valence-electron chi connectivity index (χ4n) is 7.29. The number of aromatic amines is 1. The molecule has 3 saturated heterocycles. The maximum Gasteiger partial charge on any atom is 0.410 e. The first kappa shape index (κ1) is 34.2. The van der Waals surface area contributed by atoms with Crippen molar-refractivity contribution in [3.8, 4) is 17.1 Å². The lowest BCUT2D eigenvalue weighted by Gasteiger charge is -2.41. The number of benzene rings is 2. The fourth-order valence-corrected chi connectivity index (χ4v) is 7.29. The van der Waals surface area contributed by atoms with Gasteiger partial charge in [0.1, 0.15) is 5.75 Å². The summed E-state index contributed by atoms with van der Waals surface area (Å²) in [6.45, 7) is 8.02. The molecule has 1 aromatic heterocycles. The number of H-pyrrole nitrogens is 1. The topological polar surface area (TPSA) is 124 Å². The van der Waals surface area contributed by atoms with Crippen LogP contribution in [0.2, 0.25) is 0 Å². The molecule has 3 aromatic rings. The molecular formula is C36H50N6O5. The van der Waals surface area contributed by atoms with E-state index in [4.69, 9.17) is 4.74 Å². The zero-order valence-electron chi connectivity index (χ0n) is 27.0. The molecule has 47 heavy (non-hydrogen) atoms. The van der Waals surface area contributed by atoms with Crippen LogP contribution in [0.15, 0.2) is 47.3 Å². The largest absolute Gasteiger partial charge is 0.507 e. The lowest BCUT2D eigenvalue weighted by Crippen LogP contribution is -2.52. The molecule has 4 heterocycles. The molecule has 254 valence electrons. The number of aromatic nitrogens is 3. The third kappa shape index (κ3) is 7.89. The molecule has 2 N–H and O–H groups in total. The number of amides is 2. The molecule has 2 amide bonds. The molecule has 0 aliphatic carbocycles. The van der Waals surface area contributed by atoms with E-state index < -0.39 is 12.2 Å². The normalized spacial score (nSPS) is 18.9. The Morgan fingerprint density at radius 1 is 0.894 bits per heavy atom. The third-order valence-electron chi connectivity index (χ3n) is 9.93. The van der Waals surface area contributed by atoms with Crippen LogP contribution in [0, 0.1) is 13.8 Å². The Morgan fingerprint density at radius 3 is 2.13 bits per heavy atom. The number of aryl methyl sites for hydroxylation is 2. The summed E-state index contributed by atoms with van der Waals surface area (Å²) in [5.41, 5.74) is 2.86. The molecule has 0 radical (unpaired) electrons. The van der Waals surface area contributed by atoms with Crippen molar-refractivity contribution in [2.24, 2.45) is 0 Å². The summed E-state index contributed by atoms with van der Waals surface area (Å²) in [6.07, 6.45) is 5.48. The van der Waals surface area contributed by atoms with Gasteiger partial charge in [0.05, 0.1) is 6.04 Å².